The molecule has 196 valence electrons. The number of halogens is 2. The first-order valence-electron chi connectivity index (χ1n) is 11.7. The maximum Gasteiger partial charge on any atom is 0.264 e. The quantitative estimate of drug-likeness (QED) is 0.370. The van der Waals surface area contributed by atoms with E-state index >= 15 is 0 Å². The molecule has 3 rings (SSSR count). The van der Waals surface area contributed by atoms with Gasteiger partial charge in [0.15, 0.2) is 0 Å². The van der Waals surface area contributed by atoms with Gasteiger partial charge < -0.3 is 10.2 Å². The molecule has 0 aliphatic heterocycles. The number of rotatable bonds is 10. The molecule has 0 bridgehead atoms. The highest BCUT2D eigenvalue weighted by Gasteiger charge is 2.33. The van der Waals surface area contributed by atoms with Gasteiger partial charge in [0.25, 0.3) is 10.0 Å². The fourth-order valence-corrected chi connectivity index (χ4v) is 5.37. The summed E-state index contributed by atoms with van der Waals surface area (Å²) in [7, 11) is -4.31. The van der Waals surface area contributed by atoms with Crippen molar-refractivity contribution in [2.24, 2.45) is 0 Å². The van der Waals surface area contributed by atoms with Gasteiger partial charge in [-0.15, -0.1) is 0 Å². The normalized spacial score (nSPS) is 12.2. The van der Waals surface area contributed by atoms with Crippen molar-refractivity contribution < 1.29 is 22.4 Å². The van der Waals surface area contributed by atoms with E-state index in [0.717, 1.165) is 20.4 Å². The molecule has 0 aromatic heterocycles. The lowest BCUT2D eigenvalue weighted by Crippen LogP contribution is -2.52. The summed E-state index contributed by atoms with van der Waals surface area (Å²) >= 11 is 3.38. The minimum absolute atomic E-state index is 0.0509. The standard InChI is InChI=1S/C27H29BrFN3O4S/c1-19(2)30-27(34)20(3)31(17-21-13-15-22(28)16-14-21)26(33)18-32(25-12-8-7-11-24(25)29)37(35,36)23-9-5-4-6-10-23/h4-16,19-20H,17-18H2,1-3H3,(H,30,34)/t20-/m1/s1. The Labute approximate surface area is 225 Å². The number of hydrogen-bond donors (Lipinski definition) is 1. The zero-order chi connectivity index (χ0) is 27.2. The Morgan fingerprint density at radius 1 is 0.919 bits per heavy atom. The van der Waals surface area contributed by atoms with Crippen molar-refractivity contribution >= 4 is 43.5 Å². The zero-order valence-electron chi connectivity index (χ0n) is 20.8. The number of sulfonamides is 1. The number of hydrogen-bond acceptors (Lipinski definition) is 4. The highest BCUT2D eigenvalue weighted by Crippen LogP contribution is 2.27. The summed E-state index contributed by atoms with van der Waals surface area (Å²) in [6.45, 7) is 4.53. The molecule has 1 N–H and O–H groups in total. The van der Waals surface area contributed by atoms with E-state index in [9.17, 15) is 22.4 Å². The van der Waals surface area contributed by atoms with Gasteiger partial charge in [-0.25, -0.2) is 12.8 Å². The maximum atomic E-state index is 14.9. The van der Waals surface area contributed by atoms with Crippen LogP contribution in [0.15, 0.2) is 88.2 Å². The van der Waals surface area contributed by atoms with Crippen LogP contribution in [0.25, 0.3) is 0 Å². The molecule has 0 aliphatic rings. The molecule has 0 aliphatic carbocycles. The lowest BCUT2D eigenvalue weighted by atomic mass is 10.1. The van der Waals surface area contributed by atoms with Crippen LogP contribution in [-0.4, -0.2) is 43.8 Å². The number of para-hydroxylation sites is 1. The molecule has 0 saturated heterocycles. The number of carbonyl (C=O) groups is 2. The van der Waals surface area contributed by atoms with Crippen LogP contribution in [0.4, 0.5) is 10.1 Å². The predicted octanol–water partition coefficient (Wildman–Crippen LogP) is 4.73. The van der Waals surface area contributed by atoms with Crippen LogP contribution < -0.4 is 9.62 Å². The van der Waals surface area contributed by atoms with E-state index in [1.54, 1.807) is 51.1 Å². The molecule has 7 nitrogen and oxygen atoms in total. The summed E-state index contributed by atoms with van der Waals surface area (Å²) in [4.78, 5) is 27.8. The molecule has 10 heteroatoms. The third-order valence-electron chi connectivity index (χ3n) is 5.60. The van der Waals surface area contributed by atoms with Gasteiger partial charge in [0.1, 0.15) is 18.4 Å². The topological polar surface area (TPSA) is 86.8 Å². The van der Waals surface area contributed by atoms with E-state index in [1.807, 2.05) is 12.1 Å². The van der Waals surface area contributed by atoms with Crippen molar-refractivity contribution in [1.82, 2.24) is 10.2 Å². The fraction of sp³-hybridized carbons (Fsp3) is 0.259. The summed E-state index contributed by atoms with van der Waals surface area (Å²) in [6.07, 6.45) is 0. The van der Waals surface area contributed by atoms with Gasteiger partial charge in [0.05, 0.1) is 10.6 Å². The highest BCUT2D eigenvalue weighted by molar-refractivity contribution is 9.10. The van der Waals surface area contributed by atoms with E-state index in [1.165, 1.54) is 35.2 Å². The predicted molar refractivity (Wildman–Crippen MR) is 145 cm³/mol. The van der Waals surface area contributed by atoms with Gasteiger partial charge in [0.2, 0.25) is 11.8 Å². The largest absolute Gasteiger partial charge is 0.352 e. The second-order valence-electron chi connectivity index (χ2n) is 8.76. The molecule has 3 aromatic carbocycles. The molecule has 0 fully saturated rings. The number of carbonyl (C=O) groups excluding carboxylic acids is 2. The summed E-state index contributed by atoms with van der Waals surface area (Å²) in [5.74, 6) is -1.83. The van der Waals surface area contributed by atoms with Crippen molar-refractivity contribution in [2.75, 3.05) is 10.8 Å². The van der Waals surface area contributed by atoms with Gasteiger partial charge >= 0.3 is 0 Å². The Balaban J connectivity index is 2.02. The Morgan fingerprint density at radius 2 is 1.51 bits per heavy atom. The average molecular weight is 591 g/mol. The van der Waals surface area contributed by atoms with Crippen LogP contribution in [0.3, 0.4) is 0 Å². The average Bonchev–Trinajstić information content (AvgIpc) is 2.87. The molecule has 0 spiro atoms. The minimum Gasteiger partial charge on any atom is -0.352 e. The summed E-state index contributed by atoms with van der Waals surface area (Å²) in [5.41, 5.74) is 0.478. The monoisotopic (exact) mass is 589 g/mol. The molecule has 1 atom stereocenters. The van der Waals surface area contributed by atoms with Crippen molar-refractivity contribution in [3.8, 4) is 0 Å². The van der Waals surface area contributed by atoms with Crippen LogP contribution >= 0.6 is 15.9 Å². The highest BCUT2D eigenvalue weighted by atomic mass is 79.9. The van der Waals surface area contributed by atoms with E-state index in [2.05, 4.69) is 21.2 Å². The number of anilines is 1. The van der Waals surface area contributed by atoms with Crippen molar-refractivity contribution in [1.29, 1.82) is 0 Å². The first-order chi connectivity index (χ1) is 17.5. The Bertz CT molecular complexity index is 1340. The first kappa shape index (κ1) is 28.3. The van der Waals surface area contributed by atoms with Crippen LogP contribution in [-0.2, 0) is 26.2 Å². The molecule has 3 aromatic rings. The van der Waals surface area contributed by atoms with Gasteiger partial charge in [-0.1, -0.05) is 58.4 Å². The second kappa shape index (κ2) is 12.3. The third-order valence-corrected chi connectivity index (χ3v) is 7.90. The van der Waals surface area contributed by atoms with Crippen molar-refractivity contribution in [3.05, 3.63) is 94.7 Å². The lowest BCUT2D eigenvalue weighted by molar-refractivity contribution is -0.139. The fourth-order valence-electron chi connectivity index (χ4n) is 3.66. The maximum absolute atomic E-state index is 14.9. The van der Waals surface area contributed by atoms with Gasteiger partial charge in [-0.05, 0) is 62.7 Å². The van der Waals surface area contributed by atoms with Crippen LogP contribution in [0, 0.1) is 5.82 Å². The van der Waals surface area contributed by atoms with Crippen molar-refractivity contribution in [3.63, 3.8) is 0 Å². The molecule has 2 amide bonds. The lowest BCUT2D eigenvalue weighted by Gasteiger charge is -2.32. The number of nitrogens with one attached hydrogen (secondary N) is 1. The molecular formula is C27H29BrFN3O4S. The molecule has 37 heavy (non-hydrogen) atoms. The van der Waals surface area contributed by atoms with Crippen LogP contribution in [0.2, 0.25) is 0 Å². The Kier molecular flexibility index (Phi) is 9.45. The second-order valence-corrected chi connectivity index (χ2v) is 11.5. The van der Waals surface area contributed by atoms with E-state index < -0.39 is 34.3 Å². The van der Waals surface area contributed by atoms with Crippen molar-refractivity contribution in [2.45, 2.75) is 44.3 Å². The molecule has 0 heterocycles. The summed E-state index contributed by atoms with van der Waals surface area (Å²) in [5, 5.41) is 2.79. The van der Waals surface area contributed by atoms with E-state index in [0.29, 0.717) is 0 Å². The SMILES string of the molecule is CC(C)NC(=O)[C@@H](C)N(Cc1ccc(Br)cc1)C(=O)CN(c1ccccc1F)S(=O)(=O)c1ccccc1. The number of amides is 2. The van der Waals surface area contributed by atoms with Gasteiger partial charge in [-0.3, -0.25) is 13.9 Å². The first-order valence-corrected chi connectivity index (χ1v) is 13.9. The summed E-state index contributed by atoms with van der Waals surface area (Å²) in [6, 6.07) is 19.0. The summed E-state index contributed by atoms with van der Waals surface area (Å²) < 4.78 is 43.6. The molecule has 0 saturated carbocycles. The third kappa shape index (κ3) is 7.17. The van der Waals surface area contributed by atoms with E-state index in [4.69, 9.17) is 0 Å². The van der Waals surface area contributed by atoms with Crippen LogP contribution in [0.1, 0.15) is 26.3 Å². The molecular weight excluding hydrogens is 561 g/mol. The zero-order valence-corrected chi connectivity index (χ0v) is 23.2. The molecule has 0 radical (unpaired) electrons. The number of benzene rings is 3. The molecule has 0 unspecified atom stereocenters. The van der Waals surface area contributed by atoms with Gasteiger partial charge in [-0.2, -0.15) is 0 Å². The van der Waals surface area contributed by atoms with Crippen LogP contribution in [0.5, 0.6) is 0 Å². The smallest absolute Gasteiger partial charge is 0.264 e. The van der Waals surface area contributed by atoms with Gasteiger partial charge in [0, 0.05) is 17.1 Å². The Morgan fingerprint density at radius 3 is 2.11 bits per heavy atom. The number of nitrogens with zero attached hydrogens (tertiary/aromatic N) is 2. The minimum atomic E-state index is -4.31. The Hall–Kier alpha value is -3.24. The van der Waals surface area contributed by atoms with E-state index in [-0.39, 0.29) is 29.1 Å².